The molecule has 24 heavy (non-hydrogen) atoms. The van der Waals surface area contributed by atoms with Crippen LogP contribution in [0.25, 0.3) is 6.08 Å². The van der Waals surface area contributed by atoms with Crippen LogP contribution in [-0.4, -0.2) is 42.1 Å². The third-order valence-corrected chi connectivity index (χ3v) is 4.46. The van der Waals surface area contributed by atoms with Gasteiger partial charge in [0.2, 0.25) is 5.91 Å². The van der Waals surface area contributed by atoms with E-state index in [2.05, 4.69) is 4.90 Å². The lowest BCUT2D eigenvalue weighted by Gasteiger charge is -2.35. The van der Waals surface area contributed by atoms with Crippen LogP contribution in [0.1, 0.15) is 5.56 Å². The third kappa shape index (κ3) is 3.89. The average Bonchev–Trinajstić information content (AvgIpc) is 2.62. The number of benzene rings is 2. The van der Waals surface area contributed by atoms with Crippen molar-refractivity contribution in [2.24, 2.45) is 0 Å². The van der Waals surface area contributed by atoms with Crippen molar-refractivity contribution in [1.82, 2.24) is 4.90 Å². The Morgan fingerprint density at radius 2 is 1.67 bits per heavy atom. The Balaban J connectivity index is 1.57. The zero-order valence-electron chi connectivity index (χ0n) is 13.2. The molecule has 0 atom stereocenters. The van der Waals surface area contributed by atoms with Gasteiger partial charge in [0.15, 0.2) is 0 Å². The molecule has 2 aromatic rings. The summed E-state index contributed by atoms with van der Waals surface area (Å²) >= 11 is 6.09. The summed E-state index contributed by atoms with van der Waals surface area (Å²) in [5, 5.41) is 9.99. The topological polar surface area (TPSA) is 43.8 Å². The number of nitrogens with zero attached hydrogens (tertiary/aromatic N) is 2. The molecular formula is C19H19ClN2O2. The first-order chi connectivity index (χ1) is 11.6. The summed E-state index contributed by atoms with van der Waals surface area (Å²) in [4.78, 5) is 16.4. The summed E-state index contributed by atoms with van der Waals surface area (Å²) < 4.78 is 0. The zero-order chi connectivity index (χ0) is 16.9. The molecule has 1 fully saturated rings. The molecule has 3 rings (SSSR count). The molecule has 1 aliphatic heterocycles. The van der Waals surface area contributed by atoms with Crippen molar-refractivity contribution < 1.29 is 9.90 Å². The van der Waals surface area contributed by atoms with Gasteiger partial charge in [0.05, 0.1) is 0 Å². The maximum Gasteiger partial charge on any atom is 0.246 e. The van der Waals surface area contributed by atoms with Gasteiger partial charge in [-0.05, 0) is 42.0 Å². The van der Waals surface area contributed by atoms with Crippen molar-refractivity contribution in [3.63, 3.8) is 0 Å². The largest absolute Gasteiger partial charge is 0.508 e. The normalized spacial score (nSPS) is 15.0. The van der Waals surface area contributed by atoms with Crippen molar-refractivity contribution in [3.8, 4) is 5.75 Å². The van der Waals surface area contributed by atoms with E-state index in [9.17, 15) is 9.90 Å². The van der Waals surface area contributed by atoms with E-state index < -0.39 is 0 Å². The number of hydrogen-bond acceptors (Lipinski definition) is 3. The SMILES string of the molecule is O=C(/C=C/c1ccccc1Cl)N1CCN(c2ccc(O)cc2)CC1. The summed E-state index contributed by atoms with van der Waals surface area (Å²) in [5.74, 6) is 0.262. The number of carbonyl (C=O) groups excluding carboxylic acids is 1. The second-order valence-electron chi connectivity index (χ2n) is 5.68. The van der Waals surface area contributed by atoms with E-state index in [1.165, 1.54) is 0 Å². The van der Waals surface area contributed by atoms with Crippen LogP contribution in [0.2, 0.25) is 5.02 Å². The summed E-state index contributed by atoms with van der Waals surface area (Å²) in [7, 11) is 0. The van der Waals surface area contributed by atoms with Crippen LogP contribution in [0.3, 0.4) is 0 Å². The number of rotatable bonds is 3. The van der Waals surface area contributed by atoms with Gasteiger partial charge in [0, 0.05) is 43.0 Å². The third-order valence-electron chi connectivity index (χ3n) is 4.12. The summed E-state index contributed by atoms with van der Waals surface area (Å²) in [6, 6.07) is 14.6. The van der Waals surface area contributed by atoms with Crippen LogP contribution >= 0.6 is 11.6 Å². The Hall–Kier alpha value is -2.46. The number of anilines is 1. The fourth-order valence-corrected chi connectivity index (χ4v) is 2.92. The van der Waals surface area contributed by atoms with Crippen LogP contribution in [0.15, 0.2) is 54.6 Å². The molecule has 0 bridgehead atoms. The van der Waals surface area contributed by atoms with Crippen LogP contribution in [-0.2, 0) is 4.79 Å². The fourth-order valence-electron chi connectivity index (χ4n) is 2.73. The highest BCUT2D eigenvalue weighted by Gasteiger charge is 2.19. The first-order valence-corrected chi connectivity index (χ1v) is 8.27. The Kier molecular flexibility index (Phi) is 5.06. The predicted molar refractivity (Wildman–Crippen MR) is 97.4 cm³/mol. The number of piperazine rings is 1. The lowest BCUT2D eigenvalue weighted by molar-refractivity contribution is -0.126. The van der Waals surface area contributed by atoms with Crippen LogP contribution in [0.4, 0.5) is 5.69 Å². The number of carbonyl (C=O) groups is 1. The number of hydrogen-bond donors (Lipinski definition) is 1. The highest BCUT2D eigenvalue weighted by molar-refractivity contribution is 6.32. The predicted octanol–water partition coefficient (Wildman–Crippen LogP) is 3.41. The van der Waals surface area contributed by atoms with Gasteiger partial charge in [-0.25, -0.2) is 0 Å². The summed E-state index contributed by atoms with van der Waals surface area (Å²) in [6.07, 6.45) is 3.34. The second-order valence-corrected chi connectivity index (χ2v) is 6.09. The molecular weight excluding hydrogens is 324 g/mol. The molecule has 124 valence electrons. The van der Waals surface area contributed by atoms with Gasteiger partial charge in [0.1, 0.15) is 5.75 Å². The van der Waals surface area contributed by atoms with Gasteiger partial charge in [-0.1, -0.05) is 29.8 Å². The Labute approximate surface area is 146 Å². The van der Waals surface area contributed by atoms with Crippen LogP contribution < -0.4 is 4.90 Å². The molecule has 4 nitrogen and oxygen atoms in total. The number of halogens is 1. The molecule has 2 aromatic carbocycles. The smallest absolute Gasteiger partial charge is 0.246 e. The highest BCUT2D eigenvalue weighted by atomic mass is 35.5. The van der Waals surface area contributed by atoms with Crippen LogP contribution in [0, 0.1) is 0 Å². The van der Waals surface area contributed by atoms with E-state index in [1.807, 2.05) is 41.3 Å². The maximum atomic E-state index is 12.3. The number of phenols is 1. The number of amides is 1. The highest BCUT2D eigenvalue weighted by Crippen LogP contribution is 2.20. The first kappa shape index (κ1) is 16.4. The molecule has 0 saturated carbocycles. The lowest BCUT2D eigenvalue weighted by atomic mass is 10.2. The summed E-state index contributed by atoms with van der Waals surface area (Å²) in [5.41, 5.74) is 1.90. The first-order valence-electron chi connectivity index (χ1n) is 7.89. The van der Waals surface area contributed by atoms with Gasteiger partial charge in [-0.15, -0.1) is 0 Å². The molecule has 0 radical (unpaired) electrons. The second kappa shape index (κ2) is 7.41. The van der Waals surface area contributed by atoms with E-state index in [4.69, 9.17) is 11.6 Å². The number of aromatic hydroxyl groups is 1. The van der Waals surface area contributed by atoms with Gasteiger partial charge in [-0.2, -0.15) is 0 Å². The van der Waals surface area contributed by atoms with E-state index in [1.54, 1.807) is 24.3 Å². The van der Waals surface area contributed by atoms with Crippen molar-refractivity contribution in [2.45, 2.75) is 0 Å². The lowest BCUT2D eigenvalue weighted by Crippen LogP contribution is -2.48. The van der Waals surface area contributed by atoms with E-state index in [0.717, 1.165) is 24.3 Å². The number of phenolic OH excluding ortho intramolecular Hbond substituents is 1. The molecule has 0 aromatic heterocycles. The van der Waals surface area contributed by atoms with Gasteiger partial charge in [-0.3, -0.25) is 4.79 Å². The molecule has 1 amide bonds. The zero-order valence-corrected chi connectivity index (χ0v) is 14.0. The van der Waals surface area contributed by atoms with Crippen molar-refractivity contribution in [3.05, 3.63) is 65.2 Å². The monoisotopic (exact) mass is 342 g/mol. The molecule has 1 aliphatic rings. The minimum atomic E-state index is 0.000255. The van der Waals surface area contributed by atoms with E-state index in [-0.39, 0.29) is 11.7 Å². The van der Waals surface area contributed by atoms with E-state index >= 15 is 0 Å². The fraction of sp³-hybridized carbons (Fsp3) is 0.211. The molecule has 0 aliphatic carbocycles. The average molecular weight is 343 g/mol. The van der Waals surface area contributed by atoms with Crippen LogP contribution in [0.5, 0.6) is 5.75 Å². The Morgan fingerprint density at radius 1 is 1.00 bits per heavy atom. The van der Waals surface area contributed by atoms with Crippen molar-refractivity contribution >= 4 is 29.3 Å². The van der Waals surface area contributed by atoms with E-state index in [0.29, 0.717) is 18.1 Å². The van der Waals surface area contributed by atoms with Gasteiger partial charge >= 0.3 is 0 Å². The van der Waals surface area contributed by atoms with Crippen molar-refractivity contribution in [1.29, 1.82) is 0 Å². The summed E-state index contributed by atoms with van der Waals surface area (Å²) in [6.45, 7) is 2.89. The van der Waals surface area contributed by atoms with Gasteiger partial charge < -0.3 is 14.9 Å². The Bertz CT molecular complexity index is 735. The molecule has 0 unspecified atom stereocenters. The van der Waals surface area contributed by atoms with Crippen molar-refractivity contribution in [2.75, 3.05) is 31.1 Å². The standard InChI is InChI=1S/C19H19ClN2O2/c20-18-4-2-1-3-15(18)5-10-19(24)22-13-11-21(12-14-22)16-6-8-17(23)9-7-16/h1-10,23H,11-14H2/b10-5+. The maximum absolute atomic E-state index is 12.3. The minimum Gasteiger partial charge on any atom is -0.508 e. The molecule has 0 spiro atoms. The van der Waals surface area contributed by atoms with Gasteiger partial charge in [0.25, 0.3) is 0 Å². The quantitative estimate of drug-likeness (QED) is 0.869. The molecule has 5 heteroatoms. The minimum absolute atomic E-state index is 0.000255. The molecule has 1 saturated heterocycles. The molecule has 1 heterocycles. The Morgan fingerprint density at radius 3 is 2.33 bits per heavy atom. The molecule has 1 N–H and O–H groups in total.